The van der Waals surface area contributed by atoms with Crippen molar-refractivity contribution in [3.63, 3.8) is 0 Å². The van der Waals surface area contributed by atoms with Crippen LogP contribution in [0.4, 0.5) is 5.69 Å². The Morgan fingerprint density at radius 2 is 2.13 bits per heavy atom. The molecule has 1 atom stereocenters. The van der Waals surface area contributed by atoms with Crippen LogP contribution in [0.1, 0.15) is 5.69 Å². The van der Waals surface area contributed by atoms with Gasteiger partial charge in [-0.25, -0.2) is 9.19 Å². The molecule has 0 radical (unpaired) electrons. The van der Waals surface area contributed by atoms with Gasteiger partial charge in [0.1, 0.15) is 10.8 Å². The molecule has 0 aliphatic rings. The molecule has 0 fully saturated rings. The molecule has 1 aromatic carbocycles. The van der Waals surface area contributed by atoms with Crippen molar-refractivity contribution in [3.05, 3.63) is 36.2 Å². The molecule has 0 bridgehead atoms. The summed E-state index contributed by atoms with van der Waals surface area (Å²) in [5.41, 5.74) is 7.13. The van der Waals surface area contributed by atoms with Gasteiger partial charge in [0, 0.05) is 17.6 Å². The number of aromatic amines is 1. The lowest BCUT2D eigenvalue weighted by molar-refractivity contribution is 0.677. The van der Waals surface area contributed by atoms with Crippen molar-refractivity contribution in [2.45, 2.75) is 17.0 Å². The number of nitrogen functional groups attached to an aromatic ring is 1. The first-order chi connectivity index (χ1) is 7.18. The van der Waals surface area contributed by atoms with E-state index in [2.05, 4.69) is 9.97 Å². The molecule has 2 rings (SSSR count). The second kappa shape index (κ2) is 3.86. The summed E-state index contributed by atoms with van der Waals surface area (Å²) in [5.74, 6) is 0. The van der Waals surface area contributed by atoms with Gasteiger partial charge in [0.2, 0.25) is 5.16 Å². The number of H-pyrrole nitrogens is 1. The molecule has 0 saturated heterocycles. The molecule has 0 spiro atoms. The Balaban J connectivity index is 2.41. The van der Waals surface area contributed by atoms with E-state index in [9.17, 15) is 4.21 Å². The molecule has 78 valence electrons. The summed E-state index contributed by atoms with van der Waals surface area (Å²) < 4.78 is 12.0. The number of rotatable bonds is 2. The zero-order chi connectivity index (χ0) is 10.8. The molecule has 1 aromatic heterocycles. The number of hydrogen-bond donors (Lipinski definition) is 2. The number of nitrogens with zero attached hydrogens (tertiary/aromatic N) is 1. The van der Waals surface area contributed by atoms with Crippen molar-refractivity contribution >= 4 is 16.5 Å². The van der Waals surface area contributed by atoms with Crippen molar-refractivity contribution in [3.8, 4) is 0 Å². The van der Waals surface area contributed by atoms with Gasteiger partial charge < -0.3 is 10.7 Å². The molecule has 4 nitrogen and oxygen atoms in total. The van der Waals surface area contributed by atoms with E-state index >= 15 is 0 Å². The van der Waals surface area contributed by atoms with Crippen LogP contribution >= 0.6 is 0 Å². The number of aromatic nitrogens is 2. The Hall–Kier alpha value is -1.62. The molecular weight excluding hydrogens is 210 g/mol. The molecule has 1 unspecified atom stereocenters. The Labute approximate surface area is 90.0 Å². The standard InChI is InChI=1S/C10H11N3OS/c1-7-6-12-10(13-7)15(14)9-5-3-2-4-8(9)11/h2-6H,11H2,1H3,(H,12,13). The first kappa shape index (κ1) is 9.92. The maximum Gasteiger partial charge on any atom is 0.201 e. The van der Waals surface area contributed by atoms with Crippen molar-refractivity contribution in [2.75, 3.05) is 5.73 Å². The fourth-order valence-electron chi connectivity index (χ4n) is 1.24. The van der Waals surface area contributed by atoms with Crippen molar-refractivity contribution in [1.29, 1.82) is 0 Å². The Morgan fingerprint density at radius 3 is 2.73 bits per heavy atom. The van der Waals surface area contributed by atoms with Crippen LogP contribution in [0, 0.1) is 6.92 Å². The fourth-order valence-corrected chi connectivity index (χ4v) is 2.33. The second-order valence-corrected chi connectivity index (χ2v) is 4.54. The Bertz CT molecular complexity index is 507. The molecule has 3 N–H and O–H groups in total. The average Bonchev–Trinajstić information content (AvgIpc) is 2.65. The molecule has 0 aliphatic carbocycles. The van der Waals surface area contributed by atoms with Gasteiger partial charge in [-0.3, -0.25) is 0 Å². The number of hydrogen-bond acceptors (Lipinski definition) is 3. The van der Waals surface area contributed by atoms with Crippen LogP contribution in [0.15, 0.2) is 40.5 Å². The van der Waals surface area contributed by atoms with Crippen LogP contribution in [0.25, 0.3) is 0 Å². The minimum absolute atomic E-state index is 0.436. The summed E-state index contributed by atoms with van der Waals surface area (Å²) in [6, 6.07) is 7.08. The van der Waals surface area contributed by atoms with Crippen molar-refractivity contribution in [1.82, 2.24) is 9.97 Å². The number of aryl methyl sites for hydroxylation is 1. The van der Waals surface area contributed by atoms with Crippen LogP contribution in [-0.2, 0) is 10.8 Å². The highest BCUT2D eigenvalue weighted by molar-refractivity contribution is 7.85. The zero-order valence-corrected chi connectivity index (χ0v) is 9.04. The molecule has 0 aliphatic heterocycles. The van der Waals surface area contributed by atoms with Gasteiger partial charge in [0.25, 0.3) is 0 Å². The van der Waals surface area contributed by atoms with Crippen LogP contribution in [-0.4, -0.2) is 14.2 Å². The predicted octanol–water partition coefficient (Wildman–Crippen LogP) is 1.47. The molecule has 0 amide bonds. The summed E-state index contributed by atoms with van der Waals surface area (Å²) in [5, 5.41) is 0.436. The van der Waals surface area contributed by atoms with Crippen LogP contribution in [0.3, 0.4) is 0 Å². The number of nitrogens with two attached hydrogens (primary N) is 1. The van der Waals surface area contributed by atoms with Crippen LogP contribution < -0.4 is 5.73 Å². The summed E-state index contributed by atoms with van der Waals surface area (Å²) in [4.78, 5) is 7.55. The van der Waals surface area contributed by atoms with E-state index in [0.717, 1.165) is 5.69 Å². The van der Waals surface area contributed by atoms with Crippen molar-refractivity contribution < 1.29 is 4.21 Å². The number of benzene rings is 1. The minimum atomic E-state index is -1.33. The molecular formula is C10H11N3OS. The first-order valence-corrected chi connectivity index (χ1v) is 5.61. The quantitative estimate of drug-likeness (QED) is 0.754. The third-order valence-electron chi connectivity index (χ3n) is 1.97. The number of para-hydroxylation sites is 1. The van der Waals surface area contributed by atoms with E-state index in [1.54, 1.807) is 24.4 Å². The normalized spacial score (nSPS) is 12.6. The summed E-state index contributed by atoms with van der Waals surface area (Å²) >= 11 is 0. The maximum absolute atomic E-state index is 12.0. The first-order valence-electron chi connectivity index (χ1n) is 4.46. The molecule has 15 heavy (non-hydrogen) atoms. The maximum atomic E-state index is 12.0. The van der Waals surface area contributed by atoms with Gasteiger partial charge in [0.15, 0.2) is 0 Å². The summed E-state index contributed by atoms with van der Waals surface area (Å²) in [6.07, 6.45) is 1.65. The third kappa shape index (κ3) is 1.92. The molecule has 5 heteroatoms. The Morgan fingerprint density at radius 1 is 1.40 bits per heavy atom. The molecule has 2 aromatic rings. The average molecular weight is 221 g/mol. The van der Waals surface area contributed by atoms with Gasteiger partial charge in [-0.1, -0.05) is 12.1 Å². The van der Waals surface area contributed by atoms with Gasteiger partial charge in [0.05, 0.1) is 4.90 Å². The lowest BCUT2D eigenvalue weighted by atomic mass is 10.3. The number of nitrogens with one attached hydrogen (secondary N) is 1. The van der Waals surface area contributed by atoms with Crippen LogP contribution in [0.5, 0.6) is 0 Å². The summed E-state index contributed by atoms with van der Waals surface area (Å²) in [7, 11) is -1.33. The number of imidazole rings is 1. The monoisotopic (exact) mass is 221 g/mol. The second-order valence-electron chi connectivity index (χ2n) is 3.18. The Kier molecular flexibility index (Phi) is 2.55. The highest BCUT2D eigenvalue weighted by Gasteiger charge is 2.12. The van der Waals surface area contributed by atoms with Gasteiger partial charge in [-0.05, 0) is 19.1 Å². The minimum Gasteiger partial charge on any atom is -0.398 e. The lowest BCUT2D eigenvalue weighted by Gasteiger charge is -2.01. The lowest BCUT2D eigenvalue weighted by Crippen LogP contribution is -1.99. The van der Waals surface area contributed by atoms with E-state index in [-0.39, 0.29) is 0 Å². The van der Waals surface area contributed by atoms with Crippen molar-refractivity contribution in [2.24, 2.45) is 0 Å². The van der Waals surface area contributed by atoms with E-state index in [0.29, 0.717) is 15.7 Å². The molecule has 0 saturated carbocycles. The van der Waals surface area contributed by atoms with Gasteiger partial charge >= 0.3 is 0 Å². The van der Waals surface area contributed by atoms with E-state index in [1.165, 1.54) is 0 Å². The predicted molar refractivity (Wildman–Crippen MR) is 58.9 cm³/mol. The van der Waals surface area contributed by atoms with E-state index in [1.807, 2.05) is 13.0 Å². The largest absolute Gasteiger partial charge is 0.398 e. The zero-order valence-electron chi connectivity index (χ0n) is 8.23. The van der Waals surface area contributed by atoms with E-state index < -0.39 is 10.8 Å². The fraction of sp³-hybridized carbons (Fsp3) is 0.100. The summed E-state index contributed by atoms with van der Waals surface area (Å²) in [6.45, 7) is 1.86. The molecule has 1 heterocycles. The third-order valence-corrected chi connectivity index (χ3v) is 3.30. The smallest absolute Gasteiger partial charge is 0.201 e. The van der Waals surface area contributed by atoms with Crippen LogP contribution in [0.2, 0.25) is 0 Å². The van der Waals surface area contributed by atoms with Gasteiger partial charge in [-0.2, -0.15) is 0 Å². The van der Waals surface area contributed by atoms with E-state index in [4.69, 9.17) is 5.73 Å². The van der Waals surface area contributed by atoms with Gasteiger partial charge in [-0.15, -0.1) is 0 Å². The highest BCUT2D eigenvalue weighted by Crippen LogP contribution is 2.19. The number of anilines is 1. The highest BCUT2D eigenvalue weighted by atomic mass is 32.2. The SMILES string of the molecule is Cc1cnc(S(=O)c2ccccc2N)[nH]1. The topological polar surface area (TPSA) is 71.8 Å².